The summed E-state index contributed by atoms with van der Waals surface area (Å²) in [5, 5.41) is 5.14. The van der Waals surface area contributed by atoms with E-state index in [1.165, 1.54) is 5.56 Å². The Bertz CT molecular complexity index is 477. The topological polar surface area (TPSA) is 17.8 Å². The van der Waals surface area contributed by atoms with Gasteiger partial charge in [-0.25, -0.2) is 4.68 Å². The Hall–Kier alpha value is -0.610. The number of alkyl halides is 1. The fourth-order valence-electron chi connectivity index (χ4n) is 1.41. The van der Waals surface area contributed by atoms with Gasteiger partial charge in [-0.1, -0.05) is 37.9 Å². The highest BCUT2D eigenvalue weighted by Gasteiger charge is 2.05. The molecule has 0 fully saturated rings. The van der Waals surface area contributed by atoms with Gasteiger partial charge in [0.05, 0.1) is 11.9 Å². The molecule has 0 bridgehead atoms. The van der Waals surface area contributed by atoms with Crippen molar-refractivity contribution >= 4 is 31.9 Å². The van der Waals surface area contributed by atoms with E-state index in [-0.39, 0.29) is 0 Å². The van der Waals surface area contributed by atoms with Crippen LogP contribution in [-0.4, -0.2) is 9.78 Å². The van der Waals surface area contributed by atoms with Crippen LogP contribution in [0.15, 0.2) is 35.1 Å². The van der Waals surface area contributed by atoms with Crippen molar-refractivity contribution in [1.29, 1.82) is 0 Å². The monoisotopic (exact) mass is 328 g/mol. The van der Waals surface area contributed by atoms with Gasteiger partial charge in [-0.2, -0.15) is 5.10 Å². The van der Waals surface area contributed by atoms with Crippen LogP contribution in [0.1, 0.15) is 11.1 Å². The summed E-state index contributed by atoms with van der Waals surface area (Å²) < 4.78 is 2.96. The lowest BCUT2D eigenvalue weighted by Gasteiger charge is -2.07. The molecule has 15 heavy (non-hydrogen) atoms. The average Bonchev–Trinajstić information content (AvgIpc) is 2.65. The third kappa shape index (κ3) is 2.32. The van der Waals surface area contributed by atoms with Crippen molar-refractivity contribution in [2.24, 2.45) is 0 Å². The van der Waals surface area contributed by atoms with Crippen LogP contribution in [0, 0.1) is 6.92 Å². The summed E-state index contributed by atoms with van der Waals surface area (Å²) in [5.74, 6) is 0. The smallest absolute Gasteiger partial charge is 0.0697 e. The van der Waals surface area contributed by atoms with E-state index in [1.807, 2.05) is 30.1 Å². The lowest BCUT2D eigenvalue weighted by molar-refractivity contribution is 0.871. The van der Waals surface area contributed by atoms with Crippen molar-refractivity contribution in [3.8, 4) is 5.69 Å². The minimum Gasteiger partial charge on any atom is -0.240 e. The van der Waals surface area contributed by atoms with Crippen LogP contribution in [-0.2, 0) is 5.33 Å². The molecule has 2 nitrogen and oxygen atoms in total. The molecule has 0 aliphatic carbocycles. The largest absolute Gasteiger partial charge is 0.240 e. The molecule has 2 aromatic rings. The molecule has 0 N–H and O–H groups in total. The minimum absolute atomic E-state index is 0.828. The van der Waals surface area contributed by atoms with E-state index in [2.05, 4.69) is 49.1 Å². The molecule has 0 aliphatic heterocycles. The van der Waals surface area contributed by atoms with E-state index < -0.39 is 0 Å². The van der Waals surface area contributed by atoms with Crippen LogP contribution >= 0.6 is 31.9 Å². The molecule has 0 amide bonds. The van der Waals surface area contributed by atoms with Crippen molar-refractivity contribution in [2.75, 3.05) is 0 Å². The van der Waals surface area contributed by atoms with E-state index >= 15 is 0 Å². The van der Waals surface area contributed by atoms with E-state index in [1.54, 1.807) is 0 Å². The number of hydrogen-bond acceptors (Lipinski definition) is 1. The molecule has 4 heteroatoms. The van der Waals surface area contributed by atoms with Crippen LogP contribution in [0.2, 0.25) is 0 Å². The average molecular weight is 330 g/mol. The lowest BCUT2D eigenvalue weighted by Crippen LogP contribution is -1.98. The maximum atomic E-state index is 4.31. The number of aryl methyl sites for hydroxylation is 1. The Morgan fingerprint density at radius 1 is 1.40 bits per heavy atom. The molecule has 78 valence electrons. The molecule has 0 radical (unpaired) electrons. The highest BCUT2D eigenvalue weighted by molar-refractivity contribution is 9.10. The molecule has 1 heterocycles. The van der Waals surface area contributed by atoms with Gasteiger partial charge in [0, 0.05) is 16.0 Å². The van der Waals surface area contributed by atoms with E-state index in [0.717, 1.165) is 21.1 Å². The molecule has 1 aromatic carbocycles. The van der Waals surface area contributed by atoms with Crippen molar-refractivity contribution in [1.82, 2.24) is 9.78 Å². The van der Waals surface area contributed by atoms with Gasteiger partial charge < -0.3 is 0 Å². The molecule has 0 saturated carbocycles. The maximum Gasteiger partial charge on any atom is 0.0697 e. The van der Waals surface area contributed by atoms with Gasteiger partial charge >= 0.3 is 0 Å². The Labute approximate surface area is 106 Å². The zero-order valence-electron chi connectivity index (χ0n) is 8.24. The second-order valence-electron chi connectivity index (χ2n) is 3.37. The predicted molar refractivity (Wildman–Crippen MR) is 68.6 cm³/mol. The molecular weight excluding hydrogens is 320 g/mol. The first-order valence-corrected chi connectivity index (χ1v) is 6.48. The van der Waals surface area contributed by atoms with Crippen LogP contribution < -0.4 is 0 Å². The Kier molecular flexibility index (Phi) is 3.26. The summed E-state index contributed by atoms with van der Waals surface area (Å²) in [6.45, 7) is 2.04. The number of aromatic nitrogens is 2. The first kappa shape index (κ1) is 10.9. The summed E-state index contributed by atoms with van der Waals surface area (Å²) in [7, 11) is 0. The third-order valence-corrected chi connectivity index (χ3v) is 3.25. The standard InChI is InChI=1S/C11H10Br2N2/c1-8-6-14-15(7-8)11-4-10(13)3-2-9(11)5-12/h2-4,6-7H,5H2,1H3. The Balaban J connectivity index is 2.55. The predicted octanol–water partition coefficient (Wildman–Crippen LogP) is 3.84. The molecule has 0 atom stereocenters. The first-order chi connectivity index (χ1) is 7.20. The van der Waals surface area contributed by atoms with Crippen LogP contribution in [0.25, 0.3) is 5.69 Å². The minimum atomic E-state index is 0.828. The molecule has 2 rings (SSSR count). The second kappa shape index (κ2) is 4.49. The zero-order chi connectivity index (χ0) is 10.8. The SMILES string of the molecule is Cc1cnn(-c2cc(Br)ccc2CBr)c1. The number of benzene rings is 1. The summed E-state index contributed by atoms with van der Waals surface area (Å²) in [6, 6.07) is 6.20. The van der Waals surface area contributed by atoms with Gasteiger partial charge in [0.2, 0.25) is 0 Å². The third-order valence-electron chi connectivity index (χ3n) is 2.15. The van der Waals surface area contributed by atoms with Crippen molar-refractivity contribution in [3.05, 3.63) is 46.2 Å². The lowest BCUT2D eigenvalue weighted by atomic mass is 10.2. The van der Waals surface area contributed by atoms with Gasteiger partial charge in [-0.05, 0) is 30.2 Å². The highest BCUT2D eigenvalue weighted by atomic mass is 79.9. The van der Waals surface area contributed by atoms with Crippen molar-refractivity contribution < 1.29 is 0 Å². The van der Waals surface area contributed by atoms with Gasteiger partial charge in [-0.15, -0.1) is 0 Å². The summed E-state index contributed by atoms with van der Waals surface area (Å²) in [5.41, 5.74) is 3.49. The number of halogens is 2. The van der Waals surface area contributed by atoms with Crippen molar-refractivity contribution in [3.63, 3.8) is 0 Å². The number of rotatable bonds is 2. The maximum absolute atomic E-state index is 4.31. The normalized spacial score (nSPS) is 10.6. The molecule has 0 aliphatic rings. The van der Waals surface area contributed by atoms with Gasteiger partial charge in [0.15, 0.2) is 0 Å². The van der Waals surface area contributed by atoms with E-state index in [4.69, 9.17) is 0 Å². The summed E-state index contributed by atoms with van der Waals surface area (Å²) in [6.07, 6.45) is 3.88. The zero-order valence-corrected chi connectivity index (χ0v) is 11.4. The molecule has 0 spiro atoms. The summed E-state index contributed by atoms with van der Waals surface area (Å²) in [4.78, 5) is 0. The van der Waals surface area contributed by atoms with Crippen LogP contribution in [0.5, 0.6) is 0 Å². The quantitative estimate of drug-likeness (QED) is 0.765. The van der Waals surface area contributed by atoms with Gasteiger partial charge in [0.25, 0.3) is 0 Å². The van der Waals surface area contributed by atoms with Gasteiger partial charge in [0.1, 0.15) is 0 Å². The van der Waals surface area contributed by atoms with Crippen molar-refractivity contribution in [2.45, 2.75) is 12.3 Å². The fourth-order valence-corrected chi connectivity index (χ4v) is 2.23. The van der Waals surface area contributed by atoms with Gasteiger partial charge in [-0.3, -0.25) is 0 Å². The molecule has 0 saturated heterocycles. The molecule has 1 aromatic heterocycles. The fraction of sp³-hybridized carbons (Fsp3) is 0.182. The van der Waals surface area contributed by atoms with E-state index in [9.17, 15) is 0 Å². The molecular formula is C11H10Br2N2. The highest BCUT2D eigenvalue weighted by Crippen LogP contribution is 2.22. The number of nitrogens with zero attached hydrogens (tertiary/aromatic N) is 2. The summed E-state index contributed by atoms with van der Waals surface area (Å²) >= 11 is 6.95. The second-order valence-corrected chi connectivity index (χ2v) is 4.85. The van der Waals surface area contributed by atoms with Crippen LogP contribution in [0.3, 0.4) is 0 Å². The first-order valence-electron chi connectivity index (χ1n) is 4.57. The Morgan fingerprint density at radius 3 is 2.80 bits per heavy atom. The van der Waals surface area contributed by atoms with E-state index in [0.29, 0.717) is 0 Å². The van der Waals surface area contributed by atoms with Crippen LogP contribution in [0.4, 0.5) is 0 Å². The number of hydrogen-bond donors (Lipinski definition) is 0. The molecule has 0 unspecified atom stereocenters. The Morgan fingerprint density at radius 2 is 2.20 bits per heavy atom.